The third-order valence-electron chi connectivity index (χ3n) is 6.87. The van der Waals surface area contributed by atoms with Crippen molar-refractivity contribution in [3.63, 3.8) is 0 Å². The molecule has 0 heterocycles. The normalized spacial score (nSPS) is 12.4. The third-order valence-corrected chi connectivity index (χ3v) is 9.70. The van der Waals surface area contributed by atoms with Crippen molar-refractivity contribution < 1.29 is 4.79 Å². The van der Waals surface area contributed by atoms with Gasteiger partial charge in [-0.3, -0.25) is 4.79 Å². The highest BCUT2D eigenvalue weighted by atomic mass is 32.2. The van der Waals surface area contributed by atoms with Gasteiger partial charge in [-0.05, 0) is 44.9 Å². The summed E-state index contributed by atoms with van der Waals surface area (Å²) in [6.45, 7) is 6.25. The number of unbranched alkanes of at least 4 members (excludes halogenated alkanes) is 16. The van der Waals surface area contributed by atoms with Crippen LogP contribution in [0.25, 0.3) is 0 Å². The van der Waals surface area contributed by atoms with Crippen LogP contribution in [0.5, 0.6) is 0 Å². The molecular weight excluding hydrogens is 480 g/mol. The SMILES string of the molecule is CCCCCCCCCCCSCC(CCC(=O)NCCN(C)C)SCCCCCCCCCCC. The molecule has 0 rings (SSSR count). The largest absolute Gasteiger partial charge is 0.355 e. The first kappa shape index (κ1) is 36.1. The number of carbonyl (C=O) groups is 1. The monoisotopic (exact) mass is 544 g/mol. The number of rotatable bonds is 29. The van der Waals surface area contributed by atoms with E-state index in [4.69, 9.17) is 0 Å². The summed E-state index contributed by atoms with van der Waals surface area (Å²) in [7, 11) is 4.10. The second-order valence-electron chi connectivity index (χ2n) is 10.9. The van der Waals surface area contributed by atoms with Crippen LogP contribution in [0.3, 0.4) is 0 Å². The molecule has 0 bridgehead atoms. The summed E-state index contributed by atoms with van der Waals surface area (Å²) in [4.78, 5) is 14.4. The smallest absolute Gasteiger partial charge is 0.220 e. The fourth-order valence-corrected chi connectivity index (χ4v) is 7.07. The lowest BCUT2D eigenvalue weighted by atomic mass is 10.1. The summed E-state index contributed by atoms with van der Waals surface area (Å²) in [5.41, 5.74) is 0. The highest BCUT2D eigenvalue weighted by molar-refractivity contribution is 8.03. The molecule has 1 unspecified atom stereocenters. The molecule has 0 aliphatic rings. The molecular formula is C31H64N2OS2. The van der Waals surface area contributed by atoms with Gasteiger partial charge in [0.15, 0.2) is 0 Å². The number of carbonyl (C=O) groups excluding carboxylic acids is 1. The Labute approximate surface area is 235 Å². The van der Waals surface area contributed by atoms with Gasteiger partial charge in [0.25, 0.3) is 0 Å². The number of nitrogens with zero attached hydrogens (tertiary/aromatic N) is 1. The minimum atomic E-state index is 0.231. The van der Waals surface area contributed by atoms with E-state index in [1.54, 1.807) is 0 Å². The molecule has 1 atom stereocenters. The van der Waals surface area contributed by atoms with Gasteiger partial charge in [-0.2, -0.15) is 23.5 Å². The van der Waals surface area contributed by atoms with Gasteiger partial charge in [-0.15, -0.1) is 0 Å². The van der Waals surface area contributed by atoms with Gasteiger partial charge >= 0.3 is 0 Å². The summed E-state index contributed by atoms with van der Waals surface area (Å²) in [6.07, 6.45) is 26.9. The molecule has 1 N–H and O–H groups in total. The molecule has 3 nitrogen and oxygen atoms in total. The van der Waals surface area contributed by atoms with Gasteiger partial charge in [0.1, 0.15) is 0 Å². The molecule has 0 fully saturated rings. The van der Waals surface area contributed by atoms with Crippen LogP contribution in [0.2, 0.25) is 0 Å². The van der Waals surface area contributed by atoms with Gasteiger partial charge in [0.2, 0.25) is 5.91 Å². The molecule has 0 aliphatic heterocycles. The van der Waals surface area contributed by atoms with Crippen molar-refractivity contribution in [1.82, 2.24) is 10.2 Å². The molecule has 0 aromatic carbocycles. The average molecular weight is 545 g/mol. The Morgan fingerprint density at radius 2 is 1.17 bits per heavy atom. The zero-order valence-electron chi connectivity index (χ0n) is 24.9. The molecule has 5 heteroatoms. The second kappa shape index (κ2) is 29.7. The van der Waals surface area contributed by atoms with Crippen LogP contribution >= 0.6 is 23.5 Å². The number of hydrogen-bond acceptors (Lipinski definition) is 4. The molecule has 36 heavy (non-hydrogen) atoms. The minimum absolute atomic E-state index is 0.231. The number of nitrogens with one attached hydrogen (secondary N) is 1. The van der Waals surface area contributed by atoms with E-state index in [0.29, 0.717) is 11.7 Å². The van der Waals surface area contributed by atoms with Crippen molar-refractivity contribution in [2.45, 2.75) is 148 Å². The first-order valence-corrected chi connectivity index (χ1v) is 17.9. The number of likely N-dealkylation sites (N-methyl/N-ethyl adjacent to an activating group) is 1. The maximum Gasteiger partial charge on any atom is 0.220 e. The van der Waals surface area contributed by atoms with E-state index < -0.39 is 0 Å². The molecule has 1 amide bonds. The zero-order valence-corrected chi connectivity index (χ0v) is 26.6. The van der Waals surface area contributed by atoms with Crippen LogP contribution in [-0.4, -0.2) is 60.5 Å². The highest BCUT2D eigenvalue weighted by Crippen LogP contribution is 2.24. The molecule has 0 aliphatic carbocycles. The Balaban J connectivity index is 3.98. The van der Waals surface area contributed by atoms with Gasteiger partial charge in [0.05, 0.1) is 0 Å². The molecule has 0 aromatic heterocycles. The van der Waals surface area contributed by atoms with Gasteiger partial charge in [-0.25, -0.2) is 0 Å². The van der Waals surface area contributed by atoms with E-state index in [2.05, 4.69) is 61.7 Å². The highest BCUT2D eigenvalue weighted by Gasteiger charge is 2.12. The van der Waals surface area contributed by atoms with Crippen LogP contribution < -0.4 is 5.32 Å². The predicted molar refractivity (Wildman–Crippen MR) is 169 cm³/mol. The van der Waals surface area contributed by atoms with Crippen LogP contribution in [0.1, 0.15) is 142 Å². The van der Waals surface area contributed by atoms with E-state index in [9.17, 15) is 4.79 Å². The Kier molecular flexibility index (Phi) is 29.8. The summed E-state index contributed by atoms with van der Waals surface area (Å²) in [5.74, 6) is 4.00. The second-order valence-corrected chi connectivity index (χ2v) is 13.5. The third kappa shape index (κ3) is 28.7. The predicted octanol–water partition coefficient (Wildman–Crippen LogP) is 9.34. The number of hydrogen-bond donors (Lipinski definition) is 1. The van der Waals surface area contributed by atoms with E-state index in [1.807, 2.05) is 0 Å². The van der Waals surface area contributed by atoms with Crippen LogP contribution in [0.15, 0.2) is 0 Å². The van der Waals surface area contributed by atoms with Crippen LogP contribution in [0.4, 0.5) is 0 Å². The van der Waals surface area contributed by atoms with Crippen molar-refractivity contribution in [2.75, 3.05) is 44.4 Å². The van der Waals surface area contributed by atoms with Crippen molar-refractivity contribution in [1.29, 1.82) is 0 Å². The molecule has 216 valence electrons. The molecule has 0 saturated carbocycles. The van der Waals surface area contributed by atoms with Crippen molar-refractivity contribution in [3.05, 3.63) is 0 Å². The topological polar surface area (TPSA) is 32.3 Å². The van der Waals surface area contributed by atoms with Crippen molar-refractivity contribution in [3.8, 4) is 0 Å². The summed E-state index contributed by atoms with van der Waals surface area (Å²) >= 11 is 4.27. The fraction of sp³-hybridized carbons (Fsp3) is 0.968. The van der Waals surface area contributed by atoms with Gasteiger partial charge < -0.3 is 10.2 Å². The Morgan fingerprint density at radius 1 is 0.694 bits per heavy atom. The first-order valence-electron chi connectivity index (χ1n) is 15.7. The number of thioether (sulfide) groups is 2. The van der Waals surface area contributed by atoms with E-state index in [1.165, 1.54) is 133 Å². The maximum absolute atomic E-state index is 12.3. The van der Waals surface area contributed by atoms with Crippen LogP contribution in [0, 0.1) is 0 Å². The Morgan fingerprint density at radius 3 is 1.67 bits per heavy atom. The van der Waals surface area contributed by atoms with Crippen LogP contribution in [-0.2, 0) is 4.79 Å². The quantitative estimate of drug-likeness (QED) is 0.0951. The first-order chi connectivity index (χ1) is 17.6. The zero-order chi connectivity index (χ0) is 26.5. The molecule has 0 saturated heterocycles. The minimum Gasteiger partial charge on any atom is -0.355 e. The standard InChI is InChI=1S/C31H64N2OS2/c1-5-7-9-11-13-15-17-19-21-27-35-29-30(23-24-31(34)32-25-26-33(3)4)36-28-22-20-18-16-14-12-10-8-6-2/h30H,5-29H2,1-4H3,(H,32,34). The summed E-state index contributed by atoms with van der Waals surface area (Å²) in [6, 6.07) is 0. The van der Waals surface area contributed by atoms with Gasteiger partial charge in [-0.1, -0.05) is 117 Å². The van der Waals surface area contributed by atoms with Crippen molar-refractivity contribution in [2.24, 2.45) is 0 Å². The Hall–Kier alpha value is 0.130. The Bertz CT molecular complexity index is 448. The summed E-state index contributed by atoms with van der Waals surface area (Å²) in [5, 5.41) is 3.72. The summed E-state index contributed by atoms with van der Waals surface area (Å²) < 4.78 is 0. The van der Waals surface area contributed by atoms with Gasteiger partial charge in [0, 0.05) is 30.5 Å². The lowest BCUT2D eigenvalue weighted by Crippen LogP contribution is -2.31. The fourth-order valence-electron chi connectivity index (χ4n) is 4.41. The van der Waals surface area contributed by atoms with Crippen molar-refractivity contribution >= 4 is 29.4 Å². The average Bonchev–Trinajstić information content (AvgIpc) is 2.86. The lowest BCUT2D eigenvalue weighted by Gasteiger charge is -2.17. The molecule has 0 spiro atoms. The molecule has 0 radical (unpaired) electrons. The van der Waals surface area contributed by atoms with E-state index in [0.717, 1.165) is 19.5 Å². The molecule has 0 aromatic rings. The number of amides is 1. The van der Waals surface area contributed by atoms with E-state index >= 15 is 0 Å². The lowest BCUT2D eigenvalue weighted by molar-refractivity contribution is -0.121. The maximum atomic E-state index is 12.3. The van der Waals surface area contributed by atoms with E-state index in [-0.39, 0.29) is 5.91 Å².